The second kappa shape index (κ2) is 5.97. The van der Waals surface area contributed by atoms with Gasteiger partial charge in [-0.05, 0) is 31.2 Å². The van der Waals surface area contributed by atoms with Crippen LogP contribution in [0.1, 0.15) is 22.8 Å². The molecule has 1 aromatic carbocycles. The Hall–Kier alpha value is -2.33. The highest BCUT2D eigenvalue weighted by molar-refractivity contribution is 8.15. The van der Waals surface area contributed by atoms with Gasteiger partial charge in [-0.3, -0.25) is 9.59 Å². The molecule has 0 bridgehead atoms. The number of amides is 1. The van der Waals surface area contributed by atoms with Crippen molar-refractivity contribution >= 4 is 28.8 Å². The van der Waals surface area contributed by atoms with Crippen LogP contribution < -0.4 is 0 Å². The second-order valence-electron chi connectivity index (χ2n) is 4.62. The van der Waals surface area contributed by atoms with E-state index in [9.17, 15) is 9.59 Å². The van der Waals surface area contributed by atoms with Crippen LogP contribution in [0.5, 0.6) is 0 Å². The van der Waals surface area contributed by atoms with E-state index < -0.39 is 17.1 Å². The lowest BCUT2D eigenvalue weighted by molar-refractivity contribution is -0.137. The largest absolute Gasteiger partial charge is 0.480 e. The fourth-order valence-corrected chi connectivity index (χ4v) is 3.05. The second-order valence-corrected chi connectivity index (χ2v) is 5.73. The van der Waals surface area contributed by atoms with Crippen molar-refractivity contribution in [3.63, 3.8) is 0 Å². The highest BCUT2D eigenvalue weighted by Crippen LogP contribution is 2.30. The van der Waals surface area contributed by atoms with E-state index in [1.807, 2.05) is 6.07 Å². The van der Waals surface area contributed by atoms with Gasteiger partial charge in [0, 0.05) is 12.6 Å². The maximum Gasteiger partial charge on any atom is 0.319 e. The van der Waals surface area contributed by atoms with E-state index in [0.29, 0.717) is 16.3 Å². The molecule has 7 heteroatoms. The van der Waals surface area contributed by atoms with Crippen LogP contribution in [0, 0.1) is 11.3 Å². The Bertz CT molecular complexity index is 648. The highest BCUT2D eigenvalue weighted by Gasteiger charge is 2.39. The van der Waals surface area contributed by atoms with Gasteiger partial charge in [-0.2, -0.15) is 10.3 Å². The van der Waals surface area contributed by atoms with E-state index in [1.54, 1.807) is 31.0 Å². The summed E-state index contributed by atoms with van der Waals surface area (Å²) in [4.78, 5) is 28.9. The lowest BCUT2D eigenvalue weighted by Crippen LogP contribution is -2.34. The summed E-state index contributed by atoms with van der Waals surface area (Å²) in [5.74, 6) is -1.37. The van der Waals surface area contributed by atoms with E-state index in [1.165, 1.54) is 12.1 Å². The third-order valence-corrected chi connectivity index (χ3v) is 4.72. The van der Waals surface area contributed by atoms with Crippen LogP contribution >= 0.6 is 11.8 Å². The first-order chi connectivity index (χ1) is 9.93. The van der Waals surface area contributed by atoms with Crippen molar-refractivity contribution in [1.82, 2.24) is 4.90 Å². The number of rotatable bonds is 2. The van der Waals surface area contributed by atoms with Gasteiger partial charge in [0.2, 0.25) is 0 Å². The third-order valence-electron chi connectivity index (χ3n) is 3.28. The normalized spacial score (nSPS) is 23.1. The van der Waals surface area contributed by atoms with Crippen LogP contribution in [-0.4, -0.2) is 45.4 Å². The number of amidine groups is 1. The molecule has 108 valence electrons. The third kappa shape index (κ3) is 3.06. The zero-order valence-electron chi connectivity index (χ0n) is 11.5. The first-order valence-corrected chi connectivity index (χ1v) is 7.07. The molecular formula is C14H13N3O3S. The number of benzene rings is 1. The van der Waals surface area contributed by atoms with Gasteiger partial charge in [0.05, 0.1) is 17.7 Å². The molecule has 2 atom stereocenters. The molecule has 0 aliphatic carbocycles. The molecule has 1 amide bonds. The molecule has 1 aliphatic rings. The van der Waals surface area contributed by atoms with Gasteiger partial charge < -0.3 is 10.0 Å². The van der Waals surface area contributed by atoms with Crippen LogP contribution in [0.2, 0.25) is 0 Å². The molecule has 21 heavy (non-hydrogen) atoms. The lowest BCUT2D eigenvalue weighted by Gasteiger charge is -2.17. The number of hydrogen-bond donors (Lipinski definition) is 1. The minimum absolute atomic E-state index is 0.236. The maximum absolute atomic E-state index is 12.1. The van der Waals surface area contributed by atoms with Crippen molar-refractivity contribution in [2.45, 2.75) is 18.2 Å². The fourth-order valence-electron chi connectivity index (χ4n) is 1.87. The van der Waals surface area contributed by atoms with Crippen molar-refractivity contribution in [1.29, 1.82) is 5.26 Å². The number of carbonyl (C=O) groups is 2. The zero-order chi connectivity index (χ0) is 15.6. The van der Waals surface area contributed by atoms with Crippen LogP contribution in [0.4, 0.5) is 0 Å². The molecule has 0 spiro atoms. The molecule has 1 aliphatic heterocycles. The number of thioether (sulfide) groups is 1. The summed E-state index contributed by atoms with van der Waals surface area (Å²) >= 11 is 1.07. The van der Waals surface area contributed by atoms with Crippen molar-refractivity contribution < 1.29 is 14.7 Å². The molecule has 0 radical (unpaired) electrons. The topological polar surface area (TPSA) is 93.8 Å². The van der Waals surface area contributed by atoms with Gasteiger partial charge in [0.15, 0.2) is 5.17 Å². The van der Waals surface area contributed by atoms with Gasteiger partial charge in [0.1, 0.15) is 5.25 Å². The Kier molecular flexibility index (Phi) is 4.29. The average Bonchev–Trinajstić information content (AvgIpc) is 2.76. The quantitative estimate of drug-likeness (QED) is 0.891. The minimum atomic E-state index is -0.921. The summed E-state index contributed by atoms with van der Waals surface area (Å²) in [6.45, 7) is 1.78. The Morgan fingerprint density at radius 1 is 1.38 bits per heavy atom. The minimum Gasteiger partial charge on any atom is -0.480 e. The summed E-state index contributed by atoms with van der Waals surface area (Å²) in [5, 5.41) is 17.6. The SMILES string of the molecule is CC1C(C(=O)O)SC(=NC(=O)c2ccc(C#N)cc2)N1C. The van der Waals surface area contributed by atoms with Crippen LogP contribution in [0.3, 0.4) is 0 Å². The van der Waals surface area contributed by atoms with Crippen molar-refractivity contribution in [3.8, 4) is 6.07 Å². The van der Waals surface area contributed by atoms with E-state index in [4.69, 9.17) is 10.4 Å². The Labute approximate surface area is 126 Å². The van der Waals surface area contributed by atoms with Crippen molar-refractivity contribution in [3.05, 3.63) is 35.4 Å². The Morgan fingerprint density at radius 2 is 2.00 bits per heavy atom. The predicted octanol–water partition coefficient (Wildman–Crippen LogP) is 1.57. The molecule has 0 aromatic heterocycles. The first-order valence-electron chi connectivity index (χ1n) is 6.19. The van der Waals surface area contributed by atoms with Gasteiger partial charge >= 0.3 is 5.97 Å². The molecule has 1 heterocycles. The maximum atomic E-state index is 12.1. The van der Waals surface area contributed by atoms with Gasteiger partial charge in [-0.1, -0.05) is 11.8 Å². The predicted molar refractivity (Wildman–Crippen MR) is 79.2 cm³/mol. The van der Waals surface area contributed by atoms with Crippen LogP contribution in [-0.2, 0) is 4.79 Å². The van der Waals surface area contributed by atoms with Crippen molar-refractivity contribution in [2.75, 3.05) is 7.05 Å². The number of hydrogen-bond acceptors (Lipinski definition) is 4. The first kappa shape index (κ1) is 15.1. The number of carboxylic acid groups (broad SMARTS) is 1. The number of aliphatic carboxylic acids is 1. The van der Waals surface area contributed by atoms with Crippen LogP contribution in [0.15, 0.2) is 29.3 Å². The molecule has 1 fully saturated rings. The summed E-state index contributed by atoms with van der Waals surface area (Å²) in [6.07, 6.45) is 0. The fraction of sp³-hybridized carbons (Fsp3) is 0.286. The van der Waals surface area contributed by atoms with Gasteiger partial charge in [-0.15, -0.1) is 0 Å². The molecule has 0 saturated carbocycles. The lowest BCUT2D eigenvalue weighted by atomic mass is 10.1. The number of carboxylic acids is 1. The Morgan fingerprint density at radius 3 is 2.48 bits per heavy atom. The monoisotopic (exact) mass is 303 g/mol. The molecule has 1 N–H and O–H groups in total. The smallest absolute Gasteiger partial charge is 0.319 e. The number of aliphatic imine (C=N–C) groups is 1. The van der Waals surface area contributed by atoms with Gasteiger partial charge in [0.25, 0.3) is 5.91 Å². The molecular weight excluding hydrogens is 290 g/mol. The van der Waals surface area contributed by atoms with E-state index >= 15 is 0 Å². The zero-order valence-corrected chi connectivity index (χ0v) is 12.3. The van der Waals surface area contributed by atoms with Crippen molar-refractivity contribution in [2.24, 2.45) is 4.99 Å². The molecule has 1 saturated heterocycles. The highest BCUT2D eigenvalue weighted by atomic mass is 32.2. The van der Waals surface area contributed by atoms with E-state index in [0.717, 1.165) is 11.8 Å². The summed E-state index contributed by atoms with van der Waals surface area (Å²) in [6, 6.07) is 7.88. The van der Waals surface area contributed by atoms with Gasteiger partial charge in [-0.25, -0.2) is 0 Å². The van der Waals surface area contributed by atoms with Crippen LogP contribution in [0.25, 0.3) is 0 Å². The molecule has 1 aromatic rings. The molecule has 2 rings (SSSR count). The number of nitriles is 1. The van der Waals surface area contributed by atoms with E-state index in [2.05, 4.69) is 4.99 Å². The number of nitrogens with zero attached hydrogens (tertiary/aromatic N) is 3. The molecule has 6 nitrogen and oxygen atoms in total. The summed E-state index contributed by atoms with van der Waals surface area (Å²) in [5.41, 5.74) is 0.827. The Balaban J connectivity index is 2.21. The summed E-state index contributed by atoms with van der Waals surface area (Å²) in [7, 11) is 1.71. The molecule has 2 unspecified atom stereocenters. The standard InChI is InChI=1S/C14H13N3O3S/c1-8-11(13(19)20)21-14(17(8)2)16-12(18)10-5-3-9(7-15)4-6-10/h3-6,8,11H,1-2H3,(H,19,20). The number of carbonyl (C=O) groups excluding carboxylic acids is 1. The average molecular weight is 303 g/mol. The van der Waals surface area contributed by atoms with E-state index in [-0.39, 0.29) is 6.04 Å². The summed E-state index contributed by atoms with van der Waals surface area (Å²) < 4.78 is 0.